The Hall–Kier alpha value is -1.94. The summed E-state index contributed by atoms with van der Waals surface area (Å²) in [6.45, 7) is 0.608. The molecular formula is C19H16BrNO2. The SMILES string of the molecule is O=Cc1c(Br)cccc1N1CCc2cc(C3CC3)ccc2C1=O. The molecule has 0 saturated heterocycles. The molecule has 2 aromatic rings. The van der Waals surface area contributed by atoms with Gasteiger partial charge >= 0.3 is 0 Å². The third-order valence-electron chi connectivity index (χ3n) is 4.70. The molecule has 2 aliphatic rings. The number of halogens is 1. The Kier molecular flexibility index (Phi) is 3.57. The van der Waals surface area contributed by atoms with Crippen LogP contribution in [-0.2, 0) is 6.42 Å². The predicted octanol–water partition coefficient (Wildman–Crippen LogP) is 4.34. The molecule has 0 N–H and O–H groups in total. The lowest BCUT2D eigenvalue weighted by atomic mass is 9.94. The van der Waals surface area contributed by atoms with Crippen LogP contribution in [0.25, 0.3) is 0 Å². The summed E-state index contributed by atoms with van der Waals surface area (Å²) in [6.07, 6.45) is 4.16. The van der Waals surface area contributed by atoms with Gasteiger partial charge in [-0.2, -0.15) is 0 Å². The summed E-state index contributed by atoms with van der Waals surface area (Å²) in [5.41, 5.74) is 4.46. The van der Waals surface area contributed by atoms with Crippen molar-refractivity contribution in [2.75, 3.05) is 11.4 Å². The van der Waals surface area contributed by atoms with Crippen molar-refractivity contribution < 1.29 is 9.59 Å². The van der Waals surface area contributed by atoms with Crippen molar-refractivity contribution in [2.24, 2.45) is 0 Å². The van der Waals surface area contributed by atoms with Gasteiger partial charge in [0.25, 0.3) is 5.91 Å². The first-order chi connectivity index (χ1) is 11.2. The molecule has 0 aromatic heterocycles. The third kappa shape index (κ3) is 2.51. The molecule has 1 aliphatic carbocycles. The second-order valence-corrected chi connectivity index (χ2v) is 7.04. The molecule has 3 nitrogen and oxygen atoms in total. The molecule has 116 valence electrons. The fourth-order valence-corrected chi connectivity index (χ4v) is 3.74. The number of rotatable bonds is 3. The van der Waals surface area contributed by atoms with E-state index in [9.17, 15) is 9.59 Å². The predicted molar refractivity (Wildman–Crippen MR) is 93.3 cm³/mol. The molecule has 1 aliphatic heterocycles. The average molecular weight is 370 g/mol. The number of nitrogens with zero attached hydrogens (tertiary/aromatic N) is 1. The topological polar surface area (TPSA) is 37.4 Å². The number of hydrogen-bond donors (Lipinski definition) is 0. The van der Waals surface area contributed by atoms with Crippen LogP contribution in [0.15, 0.2) is 40.9 Å². The van der Waals surface area contributed by atoms with E-state index in [1.54, 1.807) is 4.90 Å². The minimum atomic E-state index is -0.0187. The number of carbonyl (C=O) groups is 2. The van der Waals surface area contributed by atoms with Crippen LogP contribution in [0, 0.1) is 0 Å². The van der Waals surface area contributed by atoms with E-state index in [0.29, 0.717) is 28.2 Å². The lowest BCUT2D eigenvalue weighted by Gasteiger charge is -2.30. The van der Waals surface area contributed by atoms with Crippen molar-refractivity contribution in [1.29, 1.82) is 0 Å². The van der Waals surface area contributed by atoms with Gasteiger partial charge in [0.1, 0.15) is 0 Å². The van der Waals surface area contributed by atoms with Crippen LogP contribution in [0.5, 0.6) is 0 Å². The van der Waals surface area contributed by atoms with Crippen LogP contribution < -0.4 is 4.90 Å². The number of fused-ring (bicyclic) bond motifs is 1. The molecule has 0 spiro atoms. The van der Waals surface area contributed by atoms with Crippen LogP contribution in [0.1, 0.15) is 50.6 Å². The maximum Gasteiger partial charge on any atom is 0.258 e. The van der Waals surface area contributed by atoms with Crippen LogP contribution in [0.3, 0.4) is 0 Å². The van der Waals surface area contributed by atoms with Gasteiger partial charge in [0.05, 0.1) is 11.3 Å². The van der Waals surface area contributed by atoms with Crippen molar-refractivity contribution in [2.45, 2.75) is 25.2 Å². The van der Waals surface area contributed by atoms with Crippen molar-refractivity contribution in [3.8, 4) is 0 Å². The van der Waals surface area contributed by atoms with E-state index in [1.165, 1.54) is 18.4 Å². The van der Waals surface area contributed by atoms with Gasteiger partial charge in [-0.3, -0.25) is 9.59 Å². The molecular weight excluding hydrogens is 354 g/mol. The fourth-order valence-electron chi connectivity index (χ4n) is 3.29. The summed E-state index contributed by atoms with van der Waals surface area (Å²) in [5, 5.41) is 0. The summed E-state index contributed by atoms with van der Waals surface area (Å²) in [4.78, 5) is 26.0. The van der Waals surface area contributed by atoms with E-state index in [4.69, 9.17) is 0 Å². The quantitative estimate of drug-likeness (QED) is 0.754. The van der Waals surface area contributed by atoms with Crippen molar-refractivity contribution >= 4 is 33.8 Å². The van der Waals surface area contributed by atoms with Crippen molar-refractivity contribution in [3.05, 3.63) is 63.1 Å². The number of amides is 1. The standard InChI is InChI=1S/C19H16BrNO2/c20-17-2-1-3-18(16(17)11-22)21-9-8-14-10-13(12-4-5-12)6-7-15(14)19(21)23/h1-3,6-7,10-12H,4-5,8-9H2. The summed E-state index contributed by atoms with van der Waals surface area (Å²) in [7, 11) is 0. The van der Waals surface area contributed by atoms with Gasteiger partial charge in [0, 0.05) is 16.6 Å². The van der Waals surface area contributed by atoms with E-state index in [-0.39, 0.29) is 5.91 Å². The minimum absolute atomic E-state index is 0.0187. The second kappa shape index (κ2) is 5.60. The molecule has 1 saturated carbocycles. The summed E-state index contributed by atoms with van der Waals surface area (Å²) in [6, 6.07) is 11.7. The summed E-state index contributed by atoms with van der Waals surface area (Å²) in [5.74, 6) is 0.676. The van der Waals surface area contributed by atoms with E-state index < -0.39 is 0 Å². The lowest BCUT2D eigenvalue weighted by Crippen LogP contribution is -2.38. The highest BCUT2D eigenvalue weighted by atomic mass is 79.9. The number of anilines is 1. The smallest absolute Gasteiger partial charge is 0.258 e. The van der Waals surface area contributed by atoms with Crippen LogP contribution >= 0.6 is 15.9 Å². The molecule has 4 heteroatoms. The van der Waals surface area contributed by atoms with Gasteiger partial charge in [-0.15, -0.1) is 0 Å². The van der Waals surface area contributed by atoms with Crippen molar-refractivity contribution in [3.63, 3.8) is 0 Å². The number of carbonyl (C=O) groups excluding carboxylic acids is 2. The zero-order chi connectivity index (χ0) is 16.0. The Bertz CT molecular complexity index is 811. The third-order valence-corrected chi connectivity index (χ3v) is 5.39. The molecule has 1 amide bonds. The van der Waals surface area contributed by atoms with Crippen molar-refractivity contribution in [1.82, 2.24) is 0 Å². The van der Waals surface area contributed by atoms with Gasteiger partial charge in [0.2, 0.25) is 0 Å². The van der Waals surface area contributed by atoms with Gasteiger partial charge in [-0.25, -0.2) is 0 Å². The second-order valence-electron chi connectivity index (χ2n) is 6.19. The van der Waals surface area contributed by atoms with E-state index >= 15 is 0 Å². The molecule has 1 heterocycles. The first-order valence-electron chi connectivity index (χ1n) is 7.87. The van der Waals surface area contributed by atoms with Gasteiger partial charge in [-0.05, 0) is 70.4 Å². The monoisotopic (exact) mass is 369 g/mol. The molecule has 0 atom stereocenters. The van der Waals surface area contributed by atoms with Crippen LogP contribution in [0.2, 0.25) is 0 Å². The molecule has 23 heavy (non-hydrogen) atoms. The first kappa shape index (κ1) is 14.6. The van der Waals surface area contributed by atoms with Gasteiger partial charge < -0.3 is 4.90 Å². The molecule has 1 fully saturated rings. The maximum absolute atomic E-state index is 12.9. The molecule has 0 radical (unpaired) electrons. The number of aldehydes is 1. The summed E-state index contributed by atoms with van der Waals surface area (Å²) >= 11 is 3.39. The number of benzene rings is 2. The summed E-state index contributed by atoms with van der Waals surface area (Å²) < 4.78 is 0.715. The van der Waals surface area contributed by atoms with E-state index in [2.05, 4.69) is 28.1 Å². The zero-order valence-corrected chi connectivity index (χ0v) is 14.2. The highest BCUT2D eigenvalue weighted by molar-refractivity contribution is 9.10. The van der Waals surface area contributed by atoms with Crippen LogP contribution in [-0.4, -0.2) is 18.7 Å². The lowest BCUT2D eigenvalue weighted by molar-refractivity contribution is 0.0980. The number of hydrogen-bond acceptors (Lipinski definition) is 2. The van der Waals surface area contributed by atoms with Gasteiger partial charge in [-0.1, -0.05) is 18.2 Å². The Labute approximate surface area is 143 Å². The zero-order valence-electron chi connectivity index (χ0n) is 12.6. The molecule has 4 rings (SSSR count). The highest BCUT2D eigenvalue weighted by Crippen LogP contribution is 2.41. The minimum Gasteiger partial charge on any atom is -0.307 e. The molecule has 0 unspecified atom stereocenters. The van der Waals surface area contributed by atoms with Crippen LogP contribution in [0.4, 0.5) is 5.69 Å². The Balaban J connectivity index is 1.72. The average Bonchev–Trinajstić information content (AvgIpc) is 3.40. The highest BCUT2D eigenvalue weighted by Gasteiger charge is 2.30. The van der Waals surface area contributed by atoms with E-state index in [1.807, 2.05) is 24.3 Å². The molecule has 0 bridgehead atoms. The maximum atomic E-state index is 12.9. The Morgan fingerprint density at radius 1 is 1.17 bits per heavy atom. The fraction of sp³-hybridized carbons (Fsp3) is 0.263. The molecule has 2 aromatic carbocycles. The largest absolute Gasteiger partial charge is 0.307 e. The Morgan fingerprint density at radius 2 is 2.00 bits per heavy atom. The van der Waals surface area contributed by atoms with Gasteiger partial charge in [0.15, 0.2) is 6.29 Å². The van der Waals surface area contributed by atoms with E-state index in [0.717, 1.165) is 23.8 Å². The normalized spacial score (nSPS) is 17.1. The first-order valence-corrected chi connectivity index (χ1v) is 8.66. The Morgan fingerprint density at radius 3 is 2.74 bits per heavy atom.